The molecule has 2 nitrogen and oxygen atoms in total. The largest absolute Gasteiger partial charge is 0.324 e. The van der Waals surface area contributed by atoms with Gasteiger partial charge < -0.3 is 4.57 Å². The SMILES string of the molecule is CCCCC(C)n1c(CCl)nc2cc(Br)ccc21. The Labute approximate surface area is 121 Å². The first kappa shape index (κ1) is 13.9. The number of benzene rings is 1. The van der Waals surface area contributed by atoms with E-state index < -0.39 is 0 Å². The van der Waals surface area contributed by atoms with E-state index in [2.05, 4.69) is 57.5 Å². The highest BCUT2D eigenvalue weighted by Crippen LogP contribution is 2.27. The van der Waals surface area contributed by atoms with Crippen LogP contribution in [0.5, 0.6) is 0 Å². The van der Waals surface area contributed by atoms with Crippen molar-refractivity contribution in [2.24, 2.45) is 0 Å². The van der Waals surface area contributed by atoms with Crippen molar-refractivity contribution in [3.8, 4) is 0 Å². The fourth-order valence-corrected chi connectivity index (χ4v) is 2.87. The van der Waals surface area contributed by atoms with Gasteiger partial charge in [0.05, 0.1) is 16.9 Å². The van der Waals surface area contributed by atoms with Crippen molar-refractivity contribution in [2.75, 3.05) is 0 Å². The lowest BCUT2D eigenvalue weighted by Gasteiger charge is -2.16. The second-order valence-electron chi connectivity index (χ2n) is 4.66. The molecule has 0 bridgehead atoms. The first-order valence-electron chi connectivity index (χ1n) is 6.39. The minimum atomic E-state index is 0.449. The number of fused-ring (bicyclic) bond motifs is 1. The Kier molecular flexibility index (Phi) is 4.68. The first-order chi connectivity index (χ1) is 8.67. The zero-order valence-electron chi connectivity index (χ0n) is 10.8. The number of alkyl halides is 1. The molecular formula is C14H18BrClN2. The minimum Gasteiger partial charge on any atom is -0.324 e. The van der Waals surface area contributed by atoms with E-state index in [0.29, 0.717) is 11.9 Å². The molecule has 1 aromatic carbocycles. The van der Waals surface area contributed by atoms with Crippen molar-refractivity contribution >= 4 is 38.6 Å². The van der Waals surface area contributed by atoms with Crippen LogP contribution >= 0.6 is 27.5 Å². The smallest absolute Gasteiger partial charge is 0.125 e. The van der Waals surface area contributed by atoms with Crippen LogP contribution in [0, 0.1) is 0 Å². The van der Waals surface area contributed by atoms with Gasteiger partial charge >= 0.3 is 0 Å². The lowest BCUT2D eigenvalue weighted by Crippen LogP contribution is -2.08. The van der Waals surface area contributed by atoms with Gasteiger partial charge in [0.25, 0.3) is 0 Å². The molecule has 0 saturated heterocycles. The van der Waals surface area contributed by atoms with Crippen LogP contribution < -0.4 is 0 Å². The third-order valence-corrected chi connectivity index (χ3v) is 3.99. The molecule has 0 fully saturated rings. The summed E-state index contributed by atoms with van der Waals surface area (Å²) < 4.78 is 3.34. The molecule has 0 aliphatic rings. The van der Waals surface area contributed by atoms with Crippen LogP contribution in [0.15, 0.2) is 22.7 Å². The van der Waals surface area contributed by atoms with E-state index in [1.165, 1.54) is 24.8 Å². The van der Waals surface area contributed by atoms with Crippen LogP contribution in [0.4, 0.5) is 0 Å². The lowest BCUT2D eigenvalue weighted by molar-refractivity contribution is 0.485. The van der Waals surface area contributed by atoms with E-state index in [4.69, 9.17) is 11.6 Å². The number of rotatable bonds is 5. The van der Waals surface area contributed by atoms with Gasteiger partial charge in [-0.05, 0) is 31.5 Å². The van der Waals surface area contributed by atoms with Crippen LogP contribution in [-0.4, -0.2) is 9.55 Å². The predicted octanol–water partition coefficient (Wildman–Crippen LogP) is 5.29. The molecule has 0 N–H and O–H groups in total. The number of nitrogens with zero attached hydrogens (tertiary/aromatic N) is 2. The second-order valence-corrected chi connectivity index (χ2v) is 5.84. The molecule has 0 spiro atoms. The summed E-state index contributed by atoms with van der Waals surface area (Å²) in [5, 5.41) is 0. The monoisotopic (exact) mass is 328 g/mol. The van der Waals surface area contributed by atoms with Crippen LogP contribution in [0.2, 0.25) is 0 Å². The maximum absolute atomic E-state index is 6.03. The molecule has 1 unspecified atom stereocenters. The molecule has 0 aliphatic heterocycles. The van der Waals surface area contributed by atoms with E-state index in [-0.39, 0.29) is 0 Å². The van der Waals surface area contributed by atoms with Gasteiger partial charge in [0.1, 0.15) is 5.82 Å². The Morgan fingerprint density at radius 3 is 2.89 bits per heavy atom. The summed E-state index contributed by atoms with van der Waals surface area (Å²) in [5.41, 5.74) is 2.20. The molecule has 0 aliphatic carbocycles. The average Bonchev–Trinajstić information content (AvgIpc) is 2.73. The normalized spacial score (nSPS) is 13.1. The fraction of sp³-hybridized carbons (Fsp3) is 0.500. The summed E-state index contributed by atoms with van der Waals surface area (Å²) in [6.45, 7) is 4.47. The number of unbranched alkanes of at least 4 members (excludes halogenated alkanes) is 1. The molecule has 1 heterocycles. The van der Waals surface area contributed by atoms with Crippen LogP contribution in [0.1, 0.15) is 45.0 Å². The van der Waals surface area contributed by atoms with Crippen molar-refractivity contribution in [3.63, 3.8) is 0 Å². The zero-order chi connectivity index (χ0) is 13.1. The topological polar surface area (TPSA) is 17.8 Å². The number of aromatic nitrogens is 2. The standard InChI is InChI=1S/C14H18BrClN2/c1-3-4-5-10(2)18-13-7-6-11(15)8-12(13)17-14(18)9-16/h6-8,10H,3-5,9H2,1-2H3. The highest BCUT2D eigenvalue weighted by atomic mass is 79.9. The highest BCUT2D eigenvalue weighted by Gasteiger charge is 2.14. The van der Waals surface area contributed by atoms with Crippen LogP contribution in [-0.2, 0) is 5.88 Å². The number of hydrogen-bond donors (Lipinski definition) is 0. The van der Waals surface area contributed by atoms with Gasteiger partial charge in [-0.2, -0.15) is 0 Å². The third-order valence-electron chi connectivity index (χ3n) is 3.26. The highest BCUT2D eigenvalue weighted by molar-refractivity contribution is 9.10. The number of hydrogen-bond acceptors (Lipinski definition) is 1. The van der Waals surface area contributed by atoms with E-state index in [9.17, 15) is 0 Å². The maximum atomic E-state index is 6.03. The molecule has 0 saturated carbocycles. The lowest BCUT2D eigenvalue weighted by atomic mass is 10.1. The molecule has 98 valence electrons. The second kappa shape index (κ2) is 6.07. The van der Waals surface area contributed by atoms with Gasteiger partial charge in [-0.3, -0.25) is 0 Å². The van der Waals surface area contributed by atoms with Gasteiger partial charge in [-0.1, -0.05) is 35.7 Å². The molecule has 2 aromatic rings. The fourth-order valence-electron chi connectivity index (χ4n) is 2.34. The van der Waals surface area contributed by atoms with E-state index in [1.54, 1.807) is 0 Å². The molecule has 2 rings (SSSR count). The predicted molar refractivity (Wildman–Crippen MR) is 81.2 cm³/mol. The summed E-state index contributed by atoms with van der Waals surface area (Å²) in [5.74, 6) is 1.43. The van der Waals surface area contributed by atoms with Gasteiger partial charge in [0.15, 0.2) is 0 Å². The molecule has 4 heteroatoms. The molecule has 0 amide bonds. The average molecular weight is 330 g/mol. The summed E-state index contributed by atoms with van der Waals surface area (Å²) in [6, 6.07) is 6.68. The Morgan fingerprint density at radius 2 is 2.22 bits per heavy atom. The number of imidazole rings is 1. The Bertz CT molecular complexity index is 536. The minimum absolute atomic E-state index is 0.449. The van der Waals surface area contributed by atoms with Gasteiger partial charge in [-0.15, -0.1) is 11.6 Å². The molecular weight excluding hydrogens is 312 g/mol. The van der Waals surface area contributed by atoms with Crippen molar-refractivity contribution in [3.05, 3.63) is 28.5 Å². The van der Waals surface area contributed by atoms with Crippen LogP contribution in [0.3, 0.4) is 0 Å². The Hall–Kier alpha value is -0.540. The third kappa shape index (κ3) is 2.72. The summed E-state index contributed by atoms with van der Waals surface area (Å²) in [4.78, 5) is 4.62. The van der Waals surface area contributed by atoms with E-state index >= 15 is 0 Å². The van der Waals surface area contributed by atoms with Crippen molar-refractivity contribution < 1.29 is 0 Å². The zero-order valence-corrected chi connectivity index (χ0v) is 13.1. The molecule has 18 heavy (non-hydrogen) atoms. The van der Waals surface area contributed by atoms with Gasteiger partial charge in [0.2, 0.25) is 0 Å². The molecule has 1 atom stereocenters. The van der Waals surface area contributed by atoms with Crippen molar-refractivity contribution in [2.45, 2.75) is 45.0 Å². The summed E-state index contributed by atoms with van der Waals surface area (Å²) >= 11 is 9.51. The van der Waals surface area contributed by atoms with Crippen molar-refractivity contribution in [1.82, 2.24) is 9.55 Å². The van der Waals surface area contributed by atoms with Gasteiger partial charge in [-0.25, -0.2) is 4.98 Å². The van der Waals surface area contributed by atoms with Gasteiger partial charge in [0, 0.05) is 10.5 Å². The van der Waals surface area contributed by atoms with E-state index in [0.717, 1.165) is 15.8 Å². The Balaban J connectivity index is 2.46. The summed E-state index contributed by atoms with van der Waals surface area (Å²) in [7, 11) is 0. The first-order valence-corrected chi connectivity index (χ1v) is 7.72. The number of halogens is 2. The molecule has 0 radical (unpaired) electrons. The maximum Gasteiger partial charge on any atom is 0.125 e. The Morgan fingerprint density at radius 1 is 1.44 bits per heavy atom. The summed E-state index contributed by atoms with van der Waals surface area (Å²) in [6.07, 6.45) is 3.62. The van der Waals surface area contributed by atoms with Crippen LogP contribution in [0.25, 0.3) is 11.0 Å². The van der Waals surface area contributed by atoms with E-state index in [1.807, 2.05) is 0 Å². The molecule has 1 aromatic heterocycles. The quantitative estimate of drug-likeness (QED) is 0.682. The van der Waals surface area contributed by atoms with Crippen molar-refractivity contribution in [1.29, 1.82) is 0 Å².